The summed E-state index contributed by atoms with van der Waals surface area (Å²) < 4.78 is 0. The summed E-state index contributed by atoms with van der Waals surface area (Å²) >= 11 is 6.45. The molecule has 0 bridgehead atoms. The Labute approximate surface area is 127 Å². The molecular formula is C17H25ClN2. The van der Waals surface area contributed by atoms with Crippen LogP contribution in [0.1, 0.15) is 38.2 Å². The molecule has 0 aromatic heterocycles. The first-order valence-corrected chi connectivity index (χ1v) is 8.43. The highest BCUT2D eigenvalue weighted by Crippen LogP contribution is 2.31. The third-order valence-electron chi connectivity index (χ3n) is 4.88. The third kappa shape index (κ3) is 2.96. The van der Waals surface area contributed by atoms with E-state index in [9.17, 15) is 0 Å². The maximum absolute atomic E-state index is 6.45. The van der Waals surface area contributed by atoms with E-state index in [1.165, 1.54) is 50.0 Å². The van der Waals surface area contributed by atoms with Crippen molar-refractivity contribution in [3.8, 4) is 0 Å². The van der Waals surface area contributed by atoms with E-state index in [-0.39, 0.29) is 0 Å². The van der Waals surface area contributed by atoms with Crippen molar-refractivity contribution < 1.29 is 0 Å². The largest absolute Gasteiger partial charge is 0.370 e. The normalized spacial score (nSPS) is 21.6. The Morgan fingerprint density at radius 2 is 1.80 bits per heavy atom. The topological polar surface area (TPSA) is 6.48 Å². The van der Waals surface area contributed by atoms with Crippen molar-refractivity contribution in [2.75, 3.05) is 31.1 Å². The van der Waals surface area contributed by atoms with Crippen molar-refractivity contribution in [2.24, 2.45) is 0 Å². The van der Waals surface area contributed by atoms with Crippen LogP contribution in [0.15, 0.2) is 18.2 Å². The number of halogens is 1. The summed E-state index contributed by atoms with van der Waals surface area (Å²) in [6.07, 6.45) is 6.41. The second-order valence-electron chi connectivity index (χ2n) is 6.10. The van der Waals surface area contributed by atoms with Gasteiger partial charge in [0.25, 0.3) is 0 Å². The van der Waals surface area contributed by atoms with Gasteiger partial charge in [0, 0.05) is 19.1 Å². The summed E-state index contributed by atoms with van der Waals surface area (Å²) in [4.78, 5) is 5.16. The monoisotopic (exact) mass is 292 g/mol. The van der Waals surface area contributed by atoms with Crippen molar-refractivity contribution in [1.29, 1.82) is 0 Å². The molecule has 0 spiro atoms. The molecule has 3 rings (SSSR count). The number of anilines is 1. The van der Waals surface area contributed by atoms with Crippen LogP contribution in [-0.2, 0) is 6.42 Å². The van der Waals surface area contributed by atoms with E-state index in [4.69, 9.17) is 11.6 Å². The molecule has 0 atom stereocenters. The Morgan fingerprint density at radius 1 is 1.10 bits per heavy atom. The van der Waals surface area contributed by atoms with Crippen molar-refractivity contribution in [3.63, 3.8) is 0 Å². The van der Waals surface area contributed by atoms with Gasteiger partial charge in [-0.15, -0.1) is 0 Å². The Hall–Kier alpha value is -0.730. The highest BCUT2D eigenvalue weighted by Gasteiger charge is 2.26. The maximum Gasteiger partial charge on any atom is 0.0642 e. The molecule has 2 fully saturated rings. The van der Waals surface area contributed by atoms with Crippen LogP contribution >= 0.6 is 11.6 Å². The van der Waals surface area contributed by atoms with Gasteiger partial charge >= 0.3 is 0 Å². The minimum absolute atomic E-state index is 0.808. The van der Waals surface area contributed by atoms with Gasteiger partial charge in [-0.3, -0.25) is 0 Å². The molecule has 2 nitrogen and oxygen atoms in total. The van der Waals surface area contributed by atoms with Crippen LogP contribution < -0.4 is 4.90 Å². The van der Waals surface area contributed by atoms with Gasteiger partial charge in [-0.05, 0) is 62.9 Å². The second kappa shape index (κ2) is 6.36. The third-order valence-corrected chi connectivity index (χ3v) is 5.19. The predicted molar refractivity (Wildman–Crippen MR) is 86.9 cm³/mol. The van der Waals surface area contributed by atoms with Gasteiger partial charge in [-0.25, -0.2) is 0 Å². The fraction of sp³-hybridized carbons (Fsp3) is 0.647. The Bertz CT molecular complexity index is 446. The molecule has 110 valence electrons. The number of piperidine rings is 1. The molecule has 0 radical (unpaired) electrons. The summed E-state index contributed by atoms with van der Waals surface area (Å²) in [5.41, 5.74) is 2.55. The molecule has 2 saturated heterocycles. The van der Waals surface area contributed by atoms with E-state index in [0.717, 1.165) is 30.6 Å². The standard InChI is InChI=1S/C17H25ClN2/c1-2-14-5-6-17(16(18)13-14)20-11-7-15(8-12-20)19-9-3-4-10-19/h5-6,13,15H,2-4,7-12H2,1H3. The molecule has 2 aliphatic heterocycles. The molecule has 1 aromatic rings. The zero-order valence-electron chi connectivity index (χ0n) is 12.4. The van der Waals surface area contributed by atoms with Gasteiger partial charge in [0.15, 0.2) is 0 Å². The summed E-state index contributed by atoms with van der Waals surface area (Å²) in [7, 11) is 0. The average molecular weight is 293 g/mol. The summed E-state index contributed by atoms with van der Waals surface area (Å²) in [5.74, 6) is 0. The van der Waals surface area contributed by atoms with Gasteiger partial charge in [0.2, 0.25) is 0 Å². The lowest BCUT2D eigenvalue weighted by Gasteiger charge is -2.38. The summed E-state index contributed by atoms with van der Waals surface area (Å²) in [6.45, 7) is 7.10. The van der Waals surface area contributed by atoms with Crippen molar-refractivity contribution in [1.82, 2.24) is 4.90 Å². The zero-order valence-corrected chi connectivity index (χ0v) is 13.2. The first kappa shape index (κ1) is 14.2. The fourth-order valence-corrected chi connectivity index (χ4v) is 3.93. The lowest BCUT2D eigenvalue weighted by atomic mass is 10.0. The molecule has 0 unspecified atom stereocenters. The zero-order chi connectivity index (χ0) is 13.9. The number of benzene rings is 1. The molecule has 0 N–H and O–H groups in total. The minimum atomic E-state index is 0.808. The van der Waals surface area contributed by atoms with Crippen molar-refractivity contribution in [2.45, 2.75) is 45.1 Å². The molecule has 0 aliphatic carbocycles. The molecule has 20 heavy (non-hydrogen) atoms. The van der Waals surface area contributed by atoms with Crippen molar-refractivity contribution >= 4 is 17.3 Å². The molecule has 3 heteroatoms. The number of hydrogen-bond donors (Lipinski definition) is 0. The van der Waals surface area contributed by atoms with Crippen LogP contribution in [0, 0.1) is 0 Å². The number of nitrogens with zero attached hydrogens (tertiary/aromatic N) is 2. The van der Waals surface area contributed by atoms with Crippen LogP contribution in [-0.4, -0.2) is 37.1 Å². The quantitative estimate of drug-likeness (QED) is 0.832. The smallest absolute Gasteiger partial charge is 0.0642 e. The van der Waals surface area contributed by atoms with E-state index in [0.29, 0.717) is 0 Å². The van der Waals surface area contributed by atoms with E-state index in [2.05, 4.69) is 34.9 Å². The van der Waals surface area contributed by atoms with Crippen LogP contribution in [0.3, 0.4) is 0 Å². The number of hydrogen-bond acceptors (Lipinski definition) is 2. The number of likely N-dealkylation sites (tertiary alicyclic amines) is 1. The highest BCUT2D eigenvalue weighted by atomic mass is 35.5. The lowest BCUT2D eigenvalue weighted by Crippen LogP contribution is -2.43. The molecular weight excluding hydrogens is 268 g/mol. The van der Waals surface area contributed by atoms with E-state index in [1.54, 1.807) is 0 Å². The van der Waals surface area contributed by atoms with Crippen LogP contribution in [0.5, 0.6) is 0 Å². The Morgan fingerprint density at radius 3 is 2.40 bits per heavy atom. The number of rotatable bonds is 3. The number of aryl methyl sites for hydroxylation is 1. The first-order valence-electron chi connectivity index (χ1n) is 8.05. The van der Waals surface area contributed by atoms with E-state index in [1.807, 2.05) is 0 Å². The lowest BCUT2D eigenvalue weighted by molar-refractivity contribution is 0.208. The van der Waals surface area contributed by atoms with E-state index >= 15 is 0 Å². The van der Waals surface area contributed by atoms with Gasteiger partial charge in [0.1, 0.15) is 0 Å². The Kier molecular flexibility index (Phi) is 4.52. The highest BCUT2D eigenvalue weighted by molar-refractivity contribution is 6.33. The molecule has 0 amide bonds. The van der Waals surface area contributed by atoms with E-state index < -0.39 is 0 Å². The first-order chi connectivity index (χ1) is 9.78. The van der Waals surface area contributed by atoms with Crippen molar-refractivity contribution in [3.05, 3.63) is 28.8 Å². The molecule has 2 aliphatic rings. The Balaban J connectivity index is 1.62. The summed E-state index contributed by atoms with van der Waals surface area (Å²) in [5, 5.41) is 0.920. The molecule has 2 heterocycles. The predicted octanol–water partition coefficient (Wildman–Crippen LogP) is 3.97. The second-order valence-corrected chi connectivity index (χ2v) is 6.51. The summed E-state index contributed by atoms with van der Waals surface area (Å²) in [6, 6.07) is 7.36. The van der Waals surface area contributed by atoms with Crippen LogP contribution in [0.25, 0.3) is 0 Å². The SMILES string of the molecule is CCc1ccc(N2CCC(N3CCCC3)CC2)c(Cl)c1. The average Bonchev–Trinajstić information content (AvgIpc) is 3.01. The van der Waals surface area contributed by atoms with Crippen LogP contribution in [0.2, 0.25) is 5.02 Å². The van der Waals surface area contributed by atoms with Gasteiger partial charge in [0.05, 0.1) is 10.7 Å². The van der Waals surface area contributed by atoms with Gasteiger partial charge in [-0.2, -0.15) is 0 Å². The molecule has 0 saturated carbocycles. The molecule has 1 aromatic carbocycles. The maximum atomic E-state index is 6.45. The van der Waals surface area contributed by atoms with Crippen LogP contribution in [0.4, 0.5) is 5.69 Å². The van der Waals surface area contributed by atoms with Gasteiger partial charge < -0.3 is 9.80 Å². The minimum Gasteiger partial charge on any atom is -0.370 e. The fourth-order valence-electron chi connectivity index (χ4n) is 3.61. The van der Waals surface area contributed by atoms with Gasteiger partial charge in [-0.1, -0.05) is 24.6 Å².